The molecule has 0 radical (unpaired) electrons. The highest BCUT2D eigenvalue weighted by Crippen LogP contribution is 2.20. The average molecular weight is 431 g/mol. The van der Waals surface area contributed by atoms with Crippen molar-refractivity contribution in [3.8, 4) is 5.82 Å². The summed E-state index contributed by atoms with van der Waals surface area (Å²) in [5.74, 6) is 1.54. The zero-order chi connectivity index (χ0) is 21.1. The molecule has 1 atom stereocenters. The highest BCUT2D eigenvalue weighted by Gasteiger charge is 2.32. The minimum absolute atomic E-state index is 0.0492. The Morgan fingerprint density at radius 2 is 1.97 bits per heavy atom. The van der Waals surface area contributed by atoms with Gasteiger partial charge >= 0.3 is 0 Å². The van der Waals surface area contributed by atoms with Crippen LogP contribution >= 0.6 is 11.8 Å². The number of ether oxygens (including phenoxy) is 1. The van der Waals surface area contributed by atoms with E-state index in [0.29, 0.717) is 44.2 Å². The van der Waals surface area contributed by atoms with Crippen LogP contribution in [0.4, 0.5) is 0 Å². The van der Waals surface area contributed by atoms with Gasteiger partial charge in [-0.2, -0.15) is 5.10 Å². The first-order chi connectivity index (χ1) is 14.6. The third-order valence-electron chi connectivity index (χ3n) is 5.46. The monoisotopic (exact) mass is 430 g/mol. The fraction of sp³-hybridized carbons (Fsp3) is 0.550. The van der Waals surface area contributed by atoms with Gasteiger partial charge in [-0.05, 0) is 25.5 Å². The standard InChI is InChI=1S/C20H26N6O3S/c1-3-30-18-11-17(21-13-22-18)26-14(2)15(12-23-26)19(27)24-6-8-25(9-7-24)20(28)16-5-4-10-29-16/h11-13,16H,3-10H2,1-2H3. The molecule has 0 aliphatic carbocycles. The van der Waals surface area contributed by atoms with Crippen molar-refractivity contribution in [2.45, 2.75) is 37.8 Å². The maximum absolute atomic E-state index is 13.1. The molecule has 0 aromatic carbocycles. The molecule has 2 fully saturated rings. The van der Waals surface area contributed by atoms with Gasteiger partial charge in [0, 0.05) is 38.9 Å². The van der Waals surface area contributed by atoms with E-state index < -0.39 is 0 Å². The SMILES string of the molecule is CCSc1cc(-n2ncc(C(=O)N3CCN(C(=O)C4CCCO4)CC3)c2C)ncn1. The molecule has 4 heterocycles. The normalized spacial score (nSPS) is 19.3. The van der Waals surface area contributed by atoms with Gasteiger partial charge in [0.1, 0.15) is 17.5 Å². The summed E-state index contributed by atoms with van der Waals surface area (Å²) in [6.07, 6.45) is 4.52. The number of nitrogens with zero attached hydrogens (tertiary/aromatic N) is 6. The van der Waals surface area contributed by atoms with Gasteiger partial charge in [0.05, 0.1) is 17.5 Å². The zero-order valence-corrected chi connectivity index (χ0v) is 18.1. The number of carbonyl (C=O) groups excluding carboxylic acids is 2. The molecule has 10 heteroatoms. The second-order valence-corrected chi connectivity index (χ2v) is 8.61. The van der Waals surface area contributed by atoms with E-state index >= 15 is 0 Å². The zero-order valence-electron chi connectivity index (χ0n) is 17.3. The average Bonchev–Trinajstić information content (AvgIpc) is 3.43. The Labute approximate surface area is 179 Å². The smallest absolute Gasteiger partial charge is 0.257 e. The molecule has 0 spiro atoms. The summed E-state index contributed by atoms with van der Waals surface area (Å²) in [6, 6.07) is 1.87. The Kier molecular flexibility index (Phi) is 6.33. The largest absolute Gasteiger partial charge is 0.368 e. The lowest BCUT2D eigenvalue weighted by Gasteiger charge is -2.35. The van der Waals surface area contributed by atoms with E-state index in [2.05, 4.69) is 22.0 Å². The van der Waals surface area contributed by atoms with Crippen molar-refractivity contribution in [2.75, 3.05) is 38.5 Å². The molecule has 160 valence electrons. The van der Waals surface area contributed by atoms with Gasteiger partial charge in [-0.1, -0.05) is 6.92 Å². The van der Waals surface area contributed by atoms with Crippen LogP contribution < -0.4 is 0 Å². The minimum Gasteiger partial charge on any atom is -0.368 e. The molecule has 2 amide bonds. The van der Waals surface area contributed by atoms with Crippen LogP contribution in [-0.4, -0.2) is 86.0 Å². The van der Waals surface area contributed by atoms with Gasteiger partial charge in [-0.25, -0.2) is 14.6 Å². The maximum Gasteiger partial charge on any atom is 0.257 e. The summed E-state index contributed by atoms with van der Waals surface area (Å²) < 4.78 is 7.17. The first-order valence-corrected chi connectivity index (χ1v) is 11.3. The molecule has 2 aromatic rings. The number of piperazine rings is 1. The molecule has 1 unspecified atom stereocenters. The predicted molar refractivity (Wildman–Crippen MR) is 112 cm³/mol. The second-order valence-electron chi connectivity index (χ2n) is 7.32. The molecule has 9 nitrogen and oxygen atoms in total. The highest BCUT2D eigenvalue weighted by molar-refractivity contribution is 7.99. The van der Waals surface area contributed by atoms with Gasteiger partial charge in [-0.3, -0.25) is 9.59 Å². The van der Waals surface area contributed by atoms with Crippen molar-refractivity contribution in [3.05, 3.63) is 29.8 Å². The number of aromatic nitrogens is 4. The molecule has 2 saturated heterocycles. The number of thioether (sulfide) groups is 1. The van der Waals surface area contributed by atoms with Crippen LogP contribution in [0.25, 0.3) is 5.82 Å². The summed E-state index contributed by atoms with van der Waals surface area (Å²) in [4.78, 5) is 37.7. The number of carbonyl (C=O) groups is 2. The van der Waals surface area contributed by atoms with Gasteiger partial charge < -0.3 is 14.5 Å². The quantitative estimate of drug-likeness (QED) is 0.525. The highest BCUT2D eigenvalue weighted by atomic mass is 32.2. The van der Waals surface area contributed by atoms with Gasteiger partial charge in [0.25, 0.3) is 11.8 Å². The van der Waals surface area contributed by atoms with Crippen LogP contribution in [0.3, 0.4) is 0 Å². The molecular weight excluding hydrogens is 404 g/mol. The van der Waals surface area contributed by atoms with E-state index in [1.165, 1.54) is 6.33 Å². The van der Waals surface area contributed by atoms with Crippen molar-refractivity contribution >= 4 is 23.6 Å². The van der Waals surface area contributed by atoms with Crippen LogP contribution in [0.1, 0.15) is 35.8 Å². The summed E-state index contributed by atoms with van der Waals surface area (Å²) in [5.41, 5.74) is 1.29. The first-order valence-electron chi connectivity index (χ1n) is 10.3. The summed E-state index contributed by atoms with van der Waals surface area (Å²) in [5, 5.41) is 5.26. The molecule has 2 aliphatic heterocycles. The third-order valence-corrected chi connectivity index (χ3v) is 6.27. The van der Waals surface area contributed by atoms with Crippen molar-refractivity contribution in [1.29, 1.82) is 0 Å². The molecule has 0 N–H and O–H groups in total. The van der Waals surface area contributed by atoms with Crippen molar-refractivity contribution in [2.24, 2.45) is 0 Å². The predicted octanol–water partition coefficient (Wildman–Crippen LogP) is 1.55. The Morgan fingerprint density at radius 3 is 2.67 bits per heavy atom. The lowest BCUT2D eigenvalue weighted by atomic mass is 10.1. The molecule has 30 heavy (non-hydrogen) atoms. The van der Waals surface area contributed by atoms with E-state index in [1.807, 2.05) is 17.9 Å². The van der Waals surface area contributed by atoms with Crippen LogP contribution in [0, 0.1) is 6.92 Å². The van der Waals surface area contributed by atoms with Crippen molar-refractivity contribution in [1.82, 2.24) is 29.5 Å². The van der Waals surface area contributed by atoms with Crippen molar-refractivity contribution < 1.29 is 14.3 Å². The summed E-state index contributed by atoms with van der Waals surface area (Å²) >= 11 is 1.63. The molecule has 0 saturated carbocycles. The molecule has 2 aromatic heterocycles. The maximum atomic E-state index is 13.1. The van der Waals surface area contributed by atoms with Crippen LogP contribution in [0.2, 0.25) is 0 Å². The van der Waals surface area contributed by atoms with Gasteiger partial charge in [-0.15, -0.1) is 11.8 Å². The van der Waals surface area contributed by atoms with Gasteiger partial charge in [0.15, 0.2) is 5.82 Å². The molecular formula is C20H26N6O3S. The number of amides is 2. The summed E-state index contributed by atoms with van der Waals surface area (Å²) in [6.45, 7) is 6.66. The summed E-state index contributed by atoms with van der Waals surface area (Å²) in [7, 11) is 0. The van der Waals surface area contributed by atoms with E-state index in [0.717, 1.165) is 29.3 Å². The number of rotatable bonds is 5. The number of hydrogen-bond donors (Lipinski definition) is 0. The van der Waals surface area contributed by atoms with E-state index in [-0.39, 0.29) is 17.9 Å². The van der Waals surface area contributed by atoms with Gasteiger partial charge in [0.2, 0.25) is 0 Å². The van der Waals surface area contributed by atoms with Crippen molar-refractivity contribution in [3.63, 3.8) is 0 Å². The third kappa shape index (κ3) is 4.20. The van der Waals surface area contributed by atoms with Crippen LogP contribution in [-0.2, 0) is 9.53 Å². The fourth-order valence-electron chi connectivity index (χ4n) is 3.80. The van der Waals surface area contributed by atoms with E-state index in [4.69, 9.17) is 4.74 Å². The Balaban J connectivity index is 1.42. The topological polar surface area (TPSA) is 93.5 Å². The Morgan fingerprint density at radius 1 is 1.20 bits per heavy atom. The van der Waals surface area contributed by atoms with E-state index in [9.17, 15) is 9.59 Å². The minimum atomic E-state index is -0.309. The van der Waals surface area contributed by atoms with E-state index in [1.54, 1.807) is 27.5 Å². The second kappa shape index (κ2) is 9.13. The first kappa shape index (κ1) is 20.8. The number of hydrogen-bond acceptors (Lipinski definition) is 7. The Hall–Kier alpha value is -2.46. The lowest BCUT2D eigenvalue weighted by Crippen LogP contribution is -2.52. The van der Waals surface area contributed by atoms with Crippen LogP contribution in [0.15, 0.2) is 23.6 Å². The van der Waals surface area contributed by atoms with Crippen LogP contribution in [0.5, 0.6) is 0 Å². The molecule has 4 rings (SSSR count). The Bertz CT molecular complexity index is 919. The molecule has 2 aliphatic rings. The lowest BCUT2D eigenvalue weighted by molar-refractivity contribution is -0.142. The molecule has 0 bridgehead atoms. The fourth-order valence-corrected chi connectivity index (χ4v) is 4.41.